The maximum Gasteiger partial charge on any atom is 0.373 e. The van der Waals surface area contributed by atoms with Gasteiger partial charge in [0.2, 0.25) is 0 Å². The van der Waals surface area contributed by atoms with Gasteiger partial charge in [-0.3, -0.25) is 9.78 Å². The van der Waals surface area contributed by atoms with Crippen LogP contribution >= 0.6 is 0 Å². The van der Waals surface area contributed by atoms with Crippen LogP contribution in [0.25, 0.3) is 22.3 Å². The Morgan fingerprint density at radius 1 is 0.605 bits per heavy atom. The second-order valence-electron chi connectivity index (χ2n) is 8.76. The van der Waals surface area contributed by atoms with Crippen molar-refractivity contribution in [2.45, 2.75) is 25.4 Å². The molecule has 1 aliphatic rings. The van der Waals surface area contributed by atoms with Gasteiger partial charge in [-0.2, -0.15) is 9.78 Å². The monoisotopic (exact) mass is 506 g/mol. The van der Waals surface area contributed by atoms with Gasteiger partial charge < -0.3 is 0 Å². The van der Waals surface area contributed by atoms with E-state index >= 15 is 0 Å². The number of rotatable bonds is 8. The zero-order valence-electron chi connectivity index (χ0n) is 20.6. The van der Waals surface area contributed by atoms with Crippen molar-refractivity contribution in [3.05, 3.63) is 133 Å². The van der Waals surface area contributed by atoms with Crippen molar-refractivity contribution in [1.82, 2.24) is 0 Å². The summed E-state index contributed by atoms with van der Waals surface area (Å²) in [5.74, 6) is -1.25. The first-order valence-corrected chi connectivity index (χ1v) is 12.4. The molecule has 0 heterocycles. The number of carbonyl (C=O) groups is 2. The largest absolute Gasteiger partial charge is 0.373 e. The van der Waals surface area contributed by atoms with E-state index in [9.17, 15) is 9.59 Å². The van der Waals surface area contributed by atoms with Gasteiger partial charge in [0.1, 0.15) is 6.10 Å². The van der Waals surface area contributed by atoms with Crippen molar-refractivity contribution in [3.63, 3.8) is 0 Å². The summed E-state index contributed by atoms with van der Waals surface area (Å²) < 4.78 is 0. The normalized spacial score (nSPS) is 15.5. The summed E-state index contributed by atoms with van der Waals surface area (Å²) in [4.78, 5) is 47.2. The molecule has 6 nitrogen and oxygen atoms in total. The Bertz CT molecular complexity index is 1260. The van der Waals surface area contributed by atoms with Crippen molar-refractivity contribution in [2.24, 2.45) is 0 Å². The maximum absolute atomic E-state index is 12.9. The van der Waals surface area contributed by atoms with Crippen LogP contribution in [0.5, 0.6) is 0 Å². The summed E-state index contributed by atoms with van der Waals surface area (Å²) >= 11 is 0. The van der Waals surface area contributed by atoms with E-state index in [2.05, 4.69) is 0 Å². The molecule has 0 amide bonds. The van der Waals surface area contributed by atoms with Crippen LogP contribution in [0, 0.1) is 12.5 Å². The lowest BCUT2D eigenvalue weighted by Gasteiger charge is -2.27. The Kier molecular flexibility index (Phi) is 8.23. The summed E-state index contributed by atoms with van der Waals surface area (Å²) in [6, 6.07) is 33.5. The summed E-state index contributed by atoms with van der Waals surface area (Å²) in [7, 11) is 0. The van der Waals surface area contributed by atoms with Gasteiger partial charge in [-0.25, -0.2) is 9.59 Å². The lowest BCUT2D eigenvalue weighted by molar-refractivity contribution is -0.317. The Morgan fingerprint density at radius 2 is 1.11 bits per heavy atom. The summed E-state index contributed by atoms with van der Waals surface area (Å²) in [5.41, 5.74) is 4.02. The van der Waals surface area contributed by atoms with Crippen LogP contribution in [0.2, 0.25) is 0 Å². The van der Waals surface area contributed by atoms with Gasteiger partial charge >= 0.3 is 11.9 Å². The van der Waals surface area contributed by atoms with Crippen LogP contribution in [-0.2, 0) is 19.6 Å². The predicted octanol–water partition coefficient (Wildman–Crippen LogP) is 7.19. The lowest BCUT2D eigenvalue weighted by Crippen LogP contribution is -2.30. The van der Waals surface area contributed by atoms with Crippen molar-refractivity contribution < 1.29 is 29.1 Å². The second-order valence-corrected chi connectivity index (χ2v) is 8.76. The second kappa shape index (κ2) is 12.3. The average Bonchev–Trinajstić information content (AvgIpc) is 3.00. The van der Waals surface area contributed by atoms with Crippen molar-refractivity contribution in [3.8, 4) is 22.3 Å². The van der Waals surface area contributed by atoms with E-state index < -0.39 is 18.0 Å². The third-order valence-corrected chi connectivity index (χ3v) is 6.26. The van der Waals surface area contributed by atoms with Crippen LogP contribution < -0.4 is 0 Å². The fraction of sp³-hybridized carbons (Fsp3) is 0.125. The van der Waals surface area contributed by atoms with E-state index in [1.807, 2.05) is 91.3 Å². The minimum atomic E-state index is -0.700. The lowest BCUT2D eigenvalue weighted by atomic mass is 9.95. The topological polar surface area (TPSA) is 71.1 Å². The smallest absolute Gasteiger partial charge is 0.292 e. The molecule has 1 aliphatic carbocycles. The molecule has 0 saturated heterocycles. The quantitative estimate of drug-likeness (QED) is 0.186. The molecule has 5 rings (SSSR count). The van der Waals surface area contributed by atoms with Crippen LogP contribution in [0.1, 0.15) is 40.0 Å². The SMILES string of the molecule is O=C(OO[C]1CC[CH]CC1OOC(=O)c1ccccc1-c1ccccc1)c1ccccc1-c1ccccc1. The molecule has 0 aliphatic heterocycles. The number of hydrogen-bond acceptors (Lipinski definition) is 6. The Morgan fingerprint density at radius 3 is 1.68 bits per heavy atom. The highest BCUT2D eigenvalue weighted by Gasteiger charge is 2.33. The van der Waals surface area contributed by atoms with E-state index in [0.717, 1.165) is 28.7 Å². The molecule has 0 spiro atoms. The molecule has 190 valence electrons. The third kappa shape index (κ3) is 5.99. The van der Waals surface area contributed by atoms with Crippen LogP contribution in [0.15, 0.2) is 109 Å². The maximum atomic E-state index is 12.9. The molecule has 1 atom stereocenters. The van der Waals surface area contributed by atoms with Crippen LogP contribution in [0.4, 0.5) is 0 Å². The van der Waals surface area contributed by atoms with Gasteiger partial charge in [0.05, 0.1) is 11.1 Å². The summed E-state index contributed by atoms with van der Waals surface area (Å²) in [6.45, 7) is 0. The van der Waals surface area contributed by atoms with E-state index in [-0.39, 0.29) is 0 Å². The molecule has 1 saturated carbocycles. The van der Waals surface area contributed by atoms with Gasteiger partial charge in [-0.05, 0) is 60.1 Å². The molecule has 0 N–H and O–H groups in total. The zero-order chi connectivity index (χ0) is 26.2. The van der Waals surface area contributed by atoms with Gasteiger partial charge in [-0.1, -0.05) is 97.1 Å². The Balaban J connectivity index is 1.22. The number of carbonyl (C=O) groups excluding carboxylic acids is 2. The van der Waals surface area contributed by atoms with E-state index in [1.165, 1.54) is 0 Å². The summed E-state index contributed by atoms with van der Waals surface area (Å²) in [5, 5.41) is 0. The van der Waals surface area contributed by atoms with Crippen molar-refractivity contribution in [2.75, 3.05) is 0 Å². The summed E-state index contributed by atoms with van der Waals surface area (Å²) in [6.07, 6.45) is 3.32. The third-order valence-electron chi connectivity index (χ3n) is 6.26. The highest BCUT2D eigenvalue weighted by Crippen LogP contribution is 2.31. The predicted molar refractivity (Wildman–Crippen MR) is 142 cm³/mol. The van der Waals surface area contributed by atoms with Crippen molar-refractivity contribution >= 4 is 11.9 Å². The van der Waals surface area contributed by atoms with Gasteiger partial charge in [-0.15, -0.1) is 0 Å². The average molecular weight is 507 g/mol. The molecule has 4 aromatic rings. The molecule has 6 heteroatoms. The fourth-order valence-corrected chi connectivity index (χ4v) is 4.34. The van der Waals surface area contributed by atoms with Gasteiger partial charge in [0, 0.05) is 0 Å². The highest BCUT2D eigenvalue weighted by atomic mass is 17.2. The Hall–Kier alpha value is -4.26. The zero-order valence-corrected chi connectivity index (χ0v) is 20.6. The molecule has 2 radical (unpaired) electrons. The number of benzene rings is 4. The molecule has 4 aromatic carbocycles. The van der Waals surface area contributed by atoms with Crippen molar-refractivity contribution in [1.29, 1.82) is 0 Å². The standard InChI is InChI=1S/C32H26O6/c33-31(27-19-9-7-17-25(27)23-13-3-1-4-14-23)37-35-29-21-11-12-22-30(29)36-38-32(34)28-20-10-8-18-26(28)24-15-5-2-6-16-24/h1-11,13-20,29H,12,21-22H2. The molecular formula is C32H26O6. The molecular weight excluding hydrogens is 480 g/mol. The fourth-order valence-electron chi connectivity index (χ4n) is 4.34. The first kappa shape index (κ1) is 25.4. The molecule has 1 fully saturated rings. The highest BCUT2D eigenvalue weighted by molar-refractivity contribution is 5.97. The molecule has 1 unspecified atom stereocenters. The molecule has 38 heavy (non-hydrogen) atoms. The van der Waals surface area contributed by atoms with Crippen LogP contribution in [-0.4, -0.2) is 18.0 Å². The van der Waals surface area contributed by atoms with E-state index in [4.69, 9.17) is 19.6 Å². The molecule has 0 bridgehead atoms. The Labute approximate surface area is 221 Å². The first-order valence-electron chi connectivity index (χ1n) is 12.4. The minimum absolute atomic E-state index is 0.377. The molecule has 0 aromatic heterocycles. The van der Waals surface area contributed by atoms with E-state index in [0.29, 0.717) is 30.1 Å². The van der Waals surface area contributed by atoms with Crippen LogP contribution in [0.3, 0.4) is 0 Å². The van der Waals surface area contributed by atoms with E-state index in [1.54, 1.807) is 24.3 Å². The minimum Gasteiger partial charge on any atom is -0.292 e. The first-order chi connectivity index (χ1) is 18.7. The van der Waals surface area contributed by atoms with Gasteiger partial charge in [0.25, 0.3) is 0 Å². The van der Waals surface area contributed by atoms with Gasteiger partial charge in [0.15, 0.2) is 6.10 Å². The number of hydrogen-bond donors (Lipinski definition) is 0.